The first-order valence-electron chi connectivity index (χ1n) is 18.3. The predicted molar refractivity (Wildman–Crippen MR) is 209 cm³/mol. The van der Waals surface area contributed by atoms with E-state index in [1.54, 1.807) is 85.8 Å². The number of esters is 2. The first-order valence-corrected chi connectivity index (χ1v) is 18.3. The number of ether oxygens (including phenoxy) is 5. The van der Waals surface area contributed by atoms with Gasteiger partial charge in [0.2, 0.25) is 5.91 Å². The second kappa shape index (κ2) is 18.1. The number of carbonyl (C=O) groups is 5. The number of benzene rings is 5. The van der Waals surface area contributed by atoms with Crippen molar-refractivity contribution in [1.82, 2.24) is 4.90 Å². The highest BCUT2D eigenvalue weighted by Crippen LogP contribution is 2.36. The minimum atomic E-state index is -1.34. The summed E-state index contributed by atoms with van der Waals surface area (Å²) in [5, 5.41) is 0. The smallest absolute Gasteiger partial charge is 0.497 e. The summed E-state index contributed by atoms with van der Waals surface area (Å²) in [6.45, 7) is 2.29. The van der Waals surface area contributed by atoms with E-state index in [-0.39, 0.29) is 26.2 Å². The fourth-order valence-electron chi connectivity index (χ4n) is 6.68. The third-order valence-corrected chi connectivity index (χ3v) is 9.66. The van der Waals surface area contributed by atoms with Crippen LogP contribution in [0.5, 0.6) is 11.5 Å². The third kappa shape index (κ3) is 9.30. The SMILES string of the molecule is COc1ccc(C(C)(C(=O)OCCOC(=O)OC2C(Cc3ccccc3)C(=O)N(c3ccccc3)C(=O)N2Cc2ccccc2)c2ccc(OC(C)=O)cc2)cc1. The van der Waals surface area contributed by atoms with Crippen molar-refractivity contribution in [2.45, 2.75) is 38.5 Å². The van der Waals surface area contributed by atoms with Crippen LogP contribution in [0.2, 0.25) is 0 Å². The Morgan fingerprint density at radius 1 is 0.667 bits per heavy atom. The Morgan fingerprint density at radius 3 is 1.75 bits per heavy atom. The molecule has 292 valence electrons. The van der Waals surface area contributed by atoms with Crippen LogP contribution in [0.25, 0.3) is 0 Å². The number of methoxy groups -OCH3 is 1. The van der Waals surface area contributed by atoms with Gasteiger partial charge in [0.25, 0.3) is 0 Å². The Morgan fingerprint density at radius 2 is 1.19 bits per heavy atom. The fourth-order valence-corrected chi connectivity index (χ4v) is 6.68. The van der Waals surface area contributed by atoms with Crippen LogP contribution in [0.3, 0.4) is 0 Å². The van der Waals surface area contributed by atoms with Gasteiger partial charge in [-0.15, -0.1) is 0 Å². The Hall–Kier alpha value is -6.95. The normalized spacial score (nSPS) is 16.3. The number of urea groups is 1. The minimum absolute atomic E-state index is 0.0307. The summed E-state index contributed by atoms with van der Waals surface area (Å²) in [6, 6.07) is 39.8. The molecule has 3 amide bonds. The molecular formula is C45H42N2O10. The van der Waals surface area contributed by atoms with Gasteiger partial charge >= 0.3 is 24.1 Å². The number of carbonyl (C=O) groups excluding carboxylic acids is 5. The molecule has 1 aliphatic heterocycles. The molecule has 0 spiro atoms. The Labute approximate surface area is 330 Å². The van der Waals surface area contributed by atoms with E-state index >= 15 is 0 Å². The summed E-state index contributed by atoms with van der Waals surface area (Å²) in [6.07, 6.45) is -2.34. The molecule has 0 radical (unpaired) electrons. The number of para-hydroxylation sites is 1. The fraction of sp³-hybridized carbons (Fsp3) is 0.222. The summed E-state index contributed by atoms with van der Waals surface area (Å²) in [7, 11) is 1.54. The van der Waals surface area contributed by atoms with E-state index in [0.29, 0.717) is 28.3 Å². The van der Waals surface area contributed by atoms with E-state index in [9.17, 15) is 24.0 Å². The van der Waals surface area contributed by atoms with Crippen LogP contribution in [-0.2, 0) is 47.0 Å². The zero-order chi connectivity index (χ0) is 40.4. The van der Waals surface area contributed by atoms with Gasteiger partial charge in [-0.25, -0.2) is 14.5 Å². The number of nitrogens with zero attached hydrogens (tertiary/aromatic N) is 2. The molecule has 1 aliphatic rings. The van der Waals surface area contributed by atoms with E-state index < -0.39 is 47.6 Å². The van der Waals surface area contributed by atoms with E-state index in [4.69, 9.17) is 23.7 Å². The molecule has 1 saturated heterocycles. The van der Waals surface area contributed by atoms with Gasteiger partial charge in [0.05, 0.1) is 25.3 Å². The van der Waals surface area contributed by atoms with E-state index in [1.807, 2.05) is 60.7 Å². The first kappa shape index (κ1) is 39.7. The summed E-state index contributed by atoms with van der Waals surface area (Å²) in [5.41, 5.74) is 1.74. The van der Waals surface area contributed by atoms with Gasteiger partial charge in [-0.05, 0) is 72.0 Å². The summed E-state index contributed by atoms with van der Waals surface area (Å²) in [5.74, 6) is -1.77. The van der Waals surface area contributed by atoms with Gasteiger partial charge in [0, 0.05) is 6.92 Å². The van der Waals surface area contributed by atoms with Crippen LogP contribution < -0.4 is 14.4 Å². The van der Waals surface area contributed by atoms with Crippen molar-refractivity contribution in [3.05, 3.63) is 162 Å². The van der Waals surface area contributed by atoms with Crippen molar-refractivity contribution in [1.29, 1.82) is 0 Å². The maximum absolute atomic E-state index is 14.3. The van der Waals surface area contributed by atoms with Crippen molar-refractivity contribution >= 4 is 35.7 Å². The van der Waals surface area contributed by atoms with Crippen molar-refractivity contribution in [3.63, 3.8) is 0 Å². The topological polar surface area (TPSA) is 138 Å². The highest BCUT2D eigenvalue weighted by Gasteiger charge is 2.49. The Kier molecular flexibility index (Phi) is 12.6. The molecule has 12 nitrogen and oxygen atoms in total. The monoisotopic (exact) mass is 770 g/mol. The molecule has 0 aliphatic carbocycles. The van der Waals surface area contributed by atoms with Crippen LogP contribution >= 0.6 is 0 Å². The number of amides is 3. The molecule has 3 unspecified atom stereocenters. The van der Waals surface area contributed by atoms with E-state index in [1.165, 1.54) is 18.9 Å². The summed E-state index contributed by atoms with van der Waals surface area (Å²) >= 11 is 0. The number of hydrogen-bond donors (Lipinski definition) is 0. The number of imide groups is 1. The van der Waals surface area contributed by atoms with Crippen molar-refractivity contribution in [3.8, 4) is 11.5 Å². The molecule has 5 aromatic carbocycles. The second-order valence-electron chi connectivity index (χ2n) is 13.4. The first-order chi connectivity index (χ1) is 27.6. The van der Waals surface area contributed by atoms with Gasteiger partial charge in [0.15, 0.2) is 6.23 Å². The van der Waals surface area contributed by atoms with E-state index in [0.717, 1.165) is 16.0 Å². The lowest BCUT2D eigenvalue weighted by atomic mass is 9.76. The zero-order valence-electron chi connectivity index (χ0n) is 31.7. The third-order valence-electron chi connectivity index (χ3n) is 9.66. The average molecular weight is 771 g/mol. The molecule has 1 heterocycles. The number of hydrogen-bond acceptors (Lipinski definition) is 10. The highest BCUT2D eigenvalue weighted by molar-refractivity contribution is 6.17. The molecule has 0 N–H and O–H groups in total. The maximum Gasteiger partial charge on any atom is 0.510 e. The Balaban J connectivity index is 1.20. The van der Waals surface area contributed by atoms with Crippen molar-refractivity contribution in [2.75, 3.05) is 25.2 Å². The van der Waals surface area contributed by atoms with Crippen LogP contribution in [0, 0.1) is 5.92 Å². The van der Waals surface area contributed by atoms with Crippen LogP contribution in [0.15, 0.2) is 140 Å². The average Bonchev–Trinajstić information content (AvgIpc) is 3.23. The second-order valence-corrected chi connectivity index (χ2v) is 13.4. The standard InChI is InChI=1S/C45H42N2O10/c1-31(48)56-38-25-21-35(22-26-38)45(2,34-19-23-37(53-3)24-20-34)42(50)54-27-28-55-44(52)57-41-39(29-32-13-7-4-8-14-32)40(49)47(36-17-11-6-12-18-36)43(51)46(41)30-33-15-9-5-10-16-33/h4-26,39,41H,27-30H2,1-3H3. The molecule has 6 rings (SSSR count). The summed E-state index contributed by atoms with van der Waals surface area (Å²) < 4.78 is 27.4. The minimum Gasteiger partial charge on any atom is -0.497 e. The van der Waals surface area contributed by atoms with Gasteiger partial charge in [-0.2, -0.15) is 0 Å². The predicted octanol–water partition coefficient (Wildman–Crippen LogP) is 7.48. The van der Waals surface area contributed by atoms with Crippen molar-refractivity contribution in [2.24, 2.45) is 5.92 Å². The lowest BCUT2D eigenvalue weighted by molar-refractivity contribution is -0.150. The molecule has 0 saturated carbocycles. The largest absolute Gasteiger partial charge is 0.510 e. The van der Waals surface area contributed by atoms with Crippen LogP contribution in [-0.4, -0.2) is 61.5 Å². The van der Waals surface area contributed by atoms with Gasteiger partial charge in [-0.1, -0.05) is 103 Å². The van der Waals surface area contributed by atoms with Gasteiger partial charge < -0.3 is 23.7 Å². The van der Waals surface area contributed by atoms with Crippen LogP contribution in [0.1, 0.15) is 36.1 Å². The van der Waals surface area contributed by atoms with Crippen LogP contribution in [0.4, 0.5) is 15.3 Å². The number of anilines is 1. The van der Waals surface area contributed by atoms with Gasteiger partial charge in [0.1, 0.15) is 30.1 Å². The molecule has 1 fully saturated rings. The molecular weight excluding hydrogens is 728 g/mol. The lowest BCUT2D eigenvalue weighted by Crippen LogP contribution is -2.63. The highest BCUT2D eigenvalue weighted by atomic mass is 16.7. The van der Waals surface area contributed by atoms with Crippen molar-refractivity contribution < 1.29 is 47.7 Å². The molecule has 0 bridgehead atoms. The molecule has 0 aromatic heterocycles. The molecule has 5 aromatic rings. The summed E-state index contributed by atoms with van der Waals surface area (Å²) in [4.78, 5) is 69.7. The quantitative estimate of drug-likeness (QED) is 0.0635. The lowest BCUT2D eigenvalue weighted by Gasteiger charge is -2.43. The molecule has 12 heteroatoms. The molecule has 57 heavy (non-hydrogen) atoms. The Bertz CT molecular complexity index is 2100. The molecule has 3 atom stereocenters. The maximum atomic E-state index is 14.3. The number of rotatable bonds is 14. The van der Waals surface area contributed by atoms with Gasteiger partial charge in [-0.3, -0.25) is 19.3 Å². The van der Waals surface area contributed by atoms with E-state index in [2.05, 4.69) is 0 Å². The zero-order valence-corrected chi connectivity index (χ0v) is 31.7.